The molecule has 1 N–H and O–H groups in total. The first-order valence-electron chi connectivity index (χ1n) is 9.04. The van der Waals surface area contributed by atoms with Crippen molar-refractivity contribution >= 4 is 43.2 Å². The molecule has 4 rings (SSSR count). The van der Waals surface area contributed by atoms with Crippen molar-refractivity contribution in [1.82, 2.24) is 14.9 Å². The Morgan fingerprint density at radius 1 is 1.20 bits per heavy atom. The Hall–Kier alpha value is -1.43. The van der Waals surface area contributed by atoms with E-state index < -0.39 is 0 Å². The van der Waals surface area contributed by atoms with Crippen LogP contribution < -0.4 is 5.56 Å². The summed E-state index contributed by atoms with van der Waals surface area (Å²) in [7, 11) is 0. The Labute approximate surface area is 155 Å². The lowest BCUT2D eigenvalue weighted by Crippen LogP contribution is -2.30. The predicted molar refractivity (Wildman–Crippen MR) is 106 cm³/mol. The van der Waals surface area contributed by atoms with Crippen LogP contribution in [0.4, 0.5) is 0 Å². The summed E-state index contributed by atoms with van der Waals surface area (Å²) in [5.41, 5.74) is 0.755. The maximum atomic E-state index is 12.4. The van der Waals surface area contributed by atoms with Gasteiger partial charge in [0.25, 0.3) is 5.56 Å². The van der Waals surface area contributed by atoms with E-state index in [9.17, 15) is 4.79 Å². The molecule has 0 aliphatic carbocycles. The second kappa shape index (κ2) is 7.44. The summed E-state index contributed by atoms with van der Waals surface area (Å²) in [6, 6.07) is 5.72. The lowest BCUT2D eigenvalue weighted by atomic mass is 10.1. The van der Waals surface area contributed by atoms with Gasteiger partial charge in [0.05, 0.1) is 5.52 Å². The molecule has 6 heteroatoms. The van der Waals surface area contributed by atoms with Crippen molar-refractivity contribution in [3.63, 3.8) is 0 Å². The van der Waals surface area contributed by atoms with E-state index in [-0.39, 0.29) is 5.56 Å². The van der Waals surface area contributed by atoms with Crippen LogP contribution in [-0.4, -0.2) is 34.5 Å². The second-order valence-corrected chi connectivity index (χ2v) is 8.28. The highest BCUT2D eigenvalue weighted by molar-refractivity contribution is 7.25. The molecule has 3 aromatic rings. The van der Waals surface area contributed by atoms with Gasteiger partial charge >= 0.3 is 0 Å². The van der Waals surface area contributed by atoms with Gasteiger partial charge in [-0.15, -0.1) is 11.3 Å². The number of aromatic amines is 1. The van der Waals surface area contributed by atoms with Gasteiger partial charge in [0.15, 0.2) is 0 Å². The fourth-order valence-electron chi connectivity index (χ4n) is 3.60. The summed E-state index contributed by atoms with van der Waals surface area (Å²) < 4.78 is 1.74. The Morgan fingerprint density at radius 2 is 2.04 bits per heavy atom. The zero-order valence-electron chi connectivity index (χ0n) is 14.2. The smallest absolute Gasteiger partial charge is 0.268 e. The number of unbranched alkanes of at least 4 members (excludes halogenated alkanes) is 1. The average molecular weight is 376 g/mol. The van der Waals surface area contributed by atoms with Crippen molar-refractivity contribution in [1.29, 1.82) is 0 Å². The first-order chi connectivity index (χ1) is 12.2. The predicted octanol–water partition coefficient (Wildman–Crippen LogP) is 4.60. The molecule has 0 spiro atoms. The van der Waals surface area contributed by atoms with Crippen LogP contribution in [0.5, 0.6) is 0 Å². The monoisotopic (exact) mass is 375 g/mol. The first-order valence-corrected chi connectivity index (χ1v) is 10.2. The van der Waals surface area contributed by atoms with E-state index in [0.717, 1.165) is 47.2 Å². The third kappa shape index (κ3) is 3.73. The van der Waals surface area contributed by atoms with Gasteiger partial charge in [-0.3, -0.25) is 4.79 Å². The lowest BCUT2D eigenvalue weighted by Gasteiger charge is -2.26. The molecule has 0 atom stereocenters. The van der Waals surface area contributed by atoms with Gasteiger partial charge in [0.2, 0.25) is 0 Å². The van der Waals surface area contributed by atoms with Gasteiger partial charge < -0.3 is 9.88 Å². The molecular formula is C19H22ClN3OS. The number of likely N-dealkylation sites (tertiary alicyclic amines) is 1. The van der Waals surface area contributed by atoms with Crippen molar-refractivity contribution in [2.75, 3.05) is 19.6 Å². The molecule has 3 heterocycles. The summed E-state index contributed by atoms with van der Waals surface area (Å²) in [6.07, 6.45) is 7.06. The minimum absolute atomic E-state index is 0.0339. The van der Waals surface area contributed by atoms with Crippen LogP contribution in [0.1, 0.15) is 37.9 Å². The third-order valence-electron chi connectivity index (χ3n) is 4.92. The summed E-state index contributed by atoms with van der Waals surface area (Å²) in [6.45, 7) is 3.63. The maximum Gasteiger partial charge on any atom is 0.268 e. The largest absolute Gasteiger partial charge is 0.309 e. The minimum atomic E-state index is -0.0339. The number of hydrogen-bond acceptors (Lipinski definition) is 4. The van der Waals surface area contributed by atoms with Crippen LogP contribution in [0.2, 0.25) is 5.02 Å². The second-order valence-electron chi connectivity index (χ2n) is 6.79. The van der Waals surface area contributed by atoms with Crippen molar-refractivity contribution in [2.45, 2.75) is 38.5 Å². The van der Waals surface area contributed by atoms with Crippen LogP contribution in [0, 0.1) is 0 Å². The third-order valence-corrected chi connectivity index (χ3v) is 6.32. The minimum Gasteiger partial charge on any atom is -0.309 e. The molecule has 1 aliphatic rings. The van der Waals surface area contributed by atoms with Crippen LogP contribution in [0.15, 0.2) is 23.0 Å². The van der Waals surface area contributed by atoms with Gasteiger partial charge in [0.1, 0.15) is 10.5 Å². The molecule has 0 saturated carbocycles. The van der Waals surface area contributed by atoms with Crippen LogP contribution in [0.25, 0.3) is 20.3 Å². The number of fused-ring (bicyclic) bond motifs is 3. The van der Waals surface area contributed by atoms with Gasteiger partial charge in [-0.2, -0.15) is 0 Å². The Kier molecular flexibility index (Phi) is 5.06. The first kappa shape index (κ1) is 17.0. The van der Waals surface area contributed by atoms with E-state index in [1.54, 1.807) is 0 Å². The molecule has 0 amide bonds. The number of hydrogen-bond donors (Lipinski definition) is 1. The highest BCUT2D eigenvalue weighted by Crippen LogP contribution is 2.32. The Bertz CT molecular complexity index is 943. The zero-order valence-corrected chi connectivity index (χ0v) is 15.8. The normalized spacial score (nSPS) is 16.0. The number of halogens is 1. The number of thiophene rings is 1. The lowest BCUT2D eigenvalue weighted by molar-refractivity contribution is 0.225. The van der Waals surface area contributed by atoms with Gasteiger partial charge in [0, 0.05) is 21.5 Å². The van der Waals surface area contributed by atoms with Gasteiger partial charge in [-0.25, -0.2) is 4.98 Å². The SMILES string of the molecule is O=c1[nH]c(CCCCN2CCCCC2)nc2c1sc1ccc(Cl)cc12. The number of rotatable bonds is 5. The number of nitrogens with zero attached hydrogens (tertiary/aromatic N) is 2. The average Bonchev–Trinajstić information content (AvgIpc) is 2.98. The van der Waals surface area contributed by atoms with E-state index in [1.165, 1.54) is 43.7 Å². The Balaban J connectivity index is 1.49. The number of benzene rings is 1. The molecule has 25 heavy (non-hydrogen) atoms. The Morgan fingerprint density at radius 3 is 2.88 bits per heavy atom. The number of aromatic nitrogens is 2. The van der Waals surface area contributed by atoms with E-state index in [2.05, 4.69) is 9.88 Å². The molecule has 1 fully saturated rings. The molecule has 0 bridgehead atoms. The molecule has 2 aromatic heterocycles. The summed E-state index contributed by atoms with van der Waals surface area (Å²) in [5, 5.41) is 1.66. The van der Waals surface area contributed by atoms with E-state index in [4.69, 9.17) is 16.6 Å². The van der Waals surface area contributed by atoms with Crippen molar-refractivity contribution < 1.29 is 0 Å². The van der Waals surface area contributed by atoms with Gasteiger partial charge in [-0.05, 0) is 63.5 Å². The summed E-state index contributed by atoms with van der Waals surface area (Å²) in [5.74, 6) is 0.788. The van der Waals surface area contributed by atoms with Crippen molar-refractivity contribution in [3.05, 3.63) is 39.4 Å². The number of piperidine rings is 1. The molecule has 1 saturated heterocycles. The fourth-order valence-corrected chi connectivity index (χ4v) is 4.79. The topological polar surface area (TPSA) is 49.0 Å². The molecule has 1 aliphatic heterocycles. The molecule has 1 aromatic carbocycles. The maximum absolute atomic E-state index is 12.4. The van der Waals surface area contributed by atoms with E-state index >= 15 is 0 Å². The standard InChI is InChI=1S/C19H22ClN3OS/c20-13-7-8-15-14(12-13)17-18(25-15)19(24)22-16(21-17)6-2-5-11-23-9-3-1-4-10-23/h7-8,12H,1-6,9-11H2,(H,21,22,24). The quantitative estimate of drug-likeness (QED) is 0.663. The number of aryl methyl sites for hydroxylation is 1. The number of H-pyrrole nitrogens is 1. The molecular weight excluding hydrogens is 354 g/mol. The van der Waals surface area contributed by atoms with Crippen LogP contribution >= 0.6 is 22.9 Å². The van der Waals surface area contributed by atoms with Crippen LogP contribution in [0.3, 0.4) is 0 Å². The molecule has 0 unspecified atom stereocenters. The fraction of sp³-hybridized carbons (Fsp3) is 0.474. The van der Waals surface area contributed by atoms with Crippen molar-refractivity contribution in [3.8, 4) is 0 Å². The summed E-state index contributed by atoms with van der Waals surface area (Å²) in [4.78, 5) is 22.7. The summed E-state index contributed by atoms with van der Waals surface area (Å²) >= 11 is 7.60. The van der Waals surface area contributed by atoms with E-state index in [0.29, 0.717) is 9.72 Å². The molecule has 132 valence electrons. The van der Waals surface area contributed by atoms with Crippen molar-refractivity contribution in [2.24, 2.45) is 0 Å². The molecule has 0 radical (unpaired) electrons. The van der Waals surface area contributed by atoms with Gasteiger partial charge in [-0.1, -0.05) is 18.0 Å². The highest BCUT2D eigenvalue weighted by Gasteiger charge is 2.12. The van der Waals surface area contributed by atoms with E-state index in [1.807, 2.05) is 18.2 Å². The highest BCUT2D eigenvalue weighted by atomic mass is 35.5. The molecule has 4 nitrogen and oxygen atoms in total. The number of nitrogens with one attached hydrogen (secondary N) is 1. The zero-order chi connectivity index (χ0) is 17.2. The van der Waals surface area contributed by atoms with Crippen LogP contribution in [-0.2, 0) is 6.42 Å².